The van der Waals surface area contributed by atoms with Crippen LogP contribution in [0, 0.1) is 5.92 Å². The third-order valence-corrected chi connectivity index (χ3v) is 11.0. The van der Waals surface area contributed by atoms with Crippen molar-refractivity contribution in [3.8, 4) is 16.8 Å². The van der Waals surface area contributed by atoms with Gasteiger partial charge in [-0.1, -0.05) is 103 Å². The number of carbonyl (C=O) groups excluding carboxylic acids is 1. The lowest BCUT2D eigenvalue weighted by molar-refractivity contribution is -0.117. The quantitative estimate of drug-likeness (QED) is 0.0848. The van der Waals surface area contributed by atoms with Gasteiger partial charge in [-0.25, -0.2) is 4.98 Å². The number of nitrogens with one attached hydrogen (secondary N) is 1. The molecule has 1 aliphatic carbocycles. The summed E-state index contributed by atoms with van der Waals surface area (Å²) < 4.78 is 6.80. The molecule has 0 aliphatic heterocycles. The SMILES string of the molecule is C\C=C(Cl)/C(=C\C=C\Cl)c1cn(-c2cccc(N(C)SNC(C)=O)c2)c(Cc2ccc(-c3cccc(SCC4CCCCC4)c3)cc2)n1. The van der Waals surface area contributed by atoms with Gasteiger partial charge in [-0.3, -0.25) is 9.52 Å². The third-order valence-electron chi connectivity index (χ3n) is 8.39. The van der Waals surface area contributed by atoms with Gasteiger partial charge in [0.15, 0.2) is 0 Å². The van der Waals surface area contributed by atoms with E-state index in [1.165, 1.54) is 78.5 Å². The summed E-state index contributed by atoms with van der Waals surface area (Å²) in [5, 5.41) is 0.588. The largest absolute Gasteiger partial charge is 0.303 e. The van der Waals surface area contributed by atoms with Crippen molar-refractivity contribution in [3.63, 3.8) is 0 Å². The fourth-order valence-corrected chi connectivity index (χ4v) is 7.69. The van der Waals surface area contributed by atoms with E-state index in [0.717, 1.165) is 39.9 Å². The second-order valence-electron chi connectivity index (χ2n) is 11.9. The van der Waals surface area contributed by atoms with E-state index in [0.29, 0.717) is 11.5 Å². The Morgan fingerprint density at radius 3 is 2.54 bits per heavy atom. The highest BCUT2D eigenvalue weighted by atomic mass is 35.5. The van der Waals surface area contributed by atoms with E-state index in [1.54, 1.807) is 6.08 Å². The molecule has 0 spiro atoms. The summed E-state index contributed by atoms with van der Waals surface area (Å²) in [5.74, 6) is 2.82. The molecule has 5 rings (SSSR count). The molecule has 1 N–H and O–H groups in total. The Hall–Kier alpha value is -3.36. The smallest absolute Gasteiger partial charge is 0.228 e. The average molecular weight is 718 g/mol. The topological polar surface area (TPSA) is 50.2 Å². The van der Waals surface area contributed by atoms with Crippen LogP contribution >= 0.6 is 47.1 Å². The minimum atomic E-state index is -0.108. The van der Waals surface area contributed by atoms with Crippen molar-refractivity contribution in [3.05, 3.63) is 125 Å². The standard InChI is InChI=1S/C39H42Cl2N4OS2/c1-4-37(41)36(17-10-22-40)38-26-45(34-15-9-14-33(25-34)44(3)48-43-28(2)46)39(42-38)23-29-18-20-31(21-19-29)32-13-8-16-35(24-32)47-27-30-11-6-5-7-12-30/h4,8-10,13-22,24-26,30H,5-7,11-12,23,27H2,1-3H3,(H,43,46)/b22-10+,36-17+,37-4+. The first-order valence-corrected chi connectivity index (χ1v) is 18.9. The zero-order valence-corrected chi connectivity index (χ0v) is 30.8. The number of amides is 1. The molecule has 0 unspecified atom stereocenters. The minimum Gasteiger partial charge on any atom is -0.303 e. The van der Waals surface area contributed by atoms with Crippen LogP contribution in [0.1, 0.15) is 63.0 Å². The monoisotopic (exact) mass is 716 g/mol. The van der Waals surface area contributed by atoms with Crippen LogP contribution in [0.5, 0.6) is 0 Å². The number of imidazole rings is 1. The summed E-state index contributed by atoms with van der Waals surface area (Å²) in [4.78, 5) is 17.9. The van der Waals surface area contributed by atoms with E-state index in [1.807, 2.05) is 60.5 Å². The van der Waals surface area contributed by atoms with Crippen molar-refractivity contribution in [1.29, 1.82) is 0 Å². The van der Waals surface area contributed by atoms with Gasteiger partial charge in [0.1, 0.15) is 5.82 Å². The number of nitrogens with zero attached hydrogens (tertiary/aromatic N) is 3. The number of benzene rings is 3. The number of allylic oxidation sites excluding steroid dienone is 5. The molecule has 250 valence electrons. The Kier molecular flexibility index (Phi) is 13.4. The van der Waals surface area contributed by atoms with Gasteiger partial charge >= 0.3 is 0 Å². The number of anilines is 1. The van der Waals surface area contributed by atoms with Crippen LogP contribution in [0.3, 0.4) is 0 Å². The lowest BCUT2D eigenvalue weighted by Gasteiger charge is -2.21. The van der Waals surface area contributed by atoms with E-state index in [-0.39, 0.29) is 5.91 Å². The molecular formula is C39H42Cl2N4OS2. The third kappa shape index (κ3) is 9.85. The van der Waals surface area contributed by atoms with Crippen LogP contribution in [0.15, 0.2) is 113 Å². The highest BCUT2D eigenvalue weighted by Crippen LogP contribution is 2.33. The van der Waals surface area contributed by atoms with Gasteiger partial charge in [-0.05, 0) is 72.7 Å². The number of carbonyl (C=O) groups is 1. The van der Waals surface area contributed by atoms with Crippen LogP contribution in [0.25, 0.3) is 22.4 Å². The van der Waals surface area contributed by atoms with E-state index in [9.17, 15) is 4.79 Å². The van der Waals surface area contributed by atoms with Crippen molar-refractivity contribution in [1.82, 2.24) is 14.3 Å². The van der Waals surface area contributed by atoms with Gasteiger partial charge in [0.05, 0.1) is 23.5 Å². The zero-order chi connectivity index (χ0) is 33.9. The van der Waals surface area contributed by atoms with Gasteiger partial charge in [0.25, 0.3) is 0 Å². The lowest BCUT2D eigenvalue weighted by Crippen LogP contribution is -2.19. The van der Waals surface area contributed by atoms with Crippen molar-refractivity contribution in [2.45, 2.75) is 57.3 Å². The molecule has 0 saturated heterocycles. The molecular weight excluding hydrogens is 675 g/mol. The normalized spacial score (nSPS) is 14.4. The van der Waals surface area contributed by atoms with Crippen LogP contribution in [0.4, 0.5) is 5.69 Å². The summed E-state index contributed by atoms with van der Waals surface area (Å²) in [6.07, 6.45) is 15.0. The van der Waals surface area contributed by atoms with E-state index < -0.39 is 0 Å². The van der Waals surface area contributed by atoms with Crippen molar-refractivity contribution in [2.24, 2.45) is 5.92 Å². The van der Waals surface area contributed by atoms with Crippen LogP contribution in [-0.2, 0) is 11.2 Å². The van der Waals surface area contributed by atoms with Gasteiger partial charge in [0, 0.05) is 59.1 Å². The second kappa shape index (κ2) is 17.9. The maximum atomic E-state index is 11.5. The molecule has 3 aromatic carbocycles. The molecule has 1 amide bonds. The summed E-state index contributed by atoms with van der Waals surface area (Å²) in [6, 6.07) is 25.9. The fraction of sp³-hybridized carbons (Fsp3) is 0.282. The molecule has 48 heavy (non-hydrogen) atoms. The zero-order valence-electron chi connectivity index (χ0n) is 27.7. The van der Waals surface area contributed by atoms with Crippen molar-refractivity contribution in [2.75, 3.05) is 17.1 Å². The first-order valence-electron chi connectivity index (χ1n) is 16.3. The molecule has 4 aromatic rings. The van der Waals surface area contributed by atoms with Crippen LogP contribution in [0.2, 0.25) is 0 Å². The number of halogens is 2. The number of aromatic nitrogens is 2. The molecule has 1 aromatic heterocycles. The summed E-state index contributed by atoms with van der Waals surface area (Å²) in [6.45, 7) is 3.40. The fourth-order valence-electron chi connectivity index (χ4n) is 5.83. The molecule has 0 bridgehead atoms. The van der Waals surface area contributed by atoms with Gasteiger partial charge < -0.3 is 8.87 Å². The van der Waals surface area contributed by atoms with Gasteiger partial charge in [0.2, 0.25) is 5.91 Å². The first-order chi connectivity index (χ1) is 23.3. The maximum absolute atomic E-state index is 11.5. The predicted octanol–water partition coefficient (Wildman–Crippen LogP) is 11.2. The Labute approximate surface area is 303 Å². The lowest BCUT2D eigenvalue weighted by atomic mass is 9.91. The molecule has 0 atom stereocenters. The Morgan fingerprint density at radius 2 is 1.81 bits per heavy atom. The summed E-state index contributed by atoms with van der Waals surface area (Å²) in [7, 11) is 1.91. The maximum Gasteiger partial charge on any atom is 0.228 e. The number of hydrogen-bond acceptors (Lipinski definition) is 5. The van der Waals surface area contributed by atoms with E-state index >= 15 is 0 Å². The molecule has 1 aliphatic rings. The molecule has 1 heterocycles. The number of thioether (sulfide) groups is 1. The van der Waals surface area contributed by atoms with Crippen molar-refractivity contribution < 1.29 is 4.79 Å². The molecule has 1 saturated carbocycles. The highest BCUT2D eigenvalue weighted by Gasteiger charge is 2.17. The first kappa shape index (κ1) is 35.9. The Balaban J connectivity index is 1.42. The average Bonchev–Trinajstić information content (AvgIpc) is 3.53. The Morgan fingerprint density at radius 1 is 1.04 bits per heavy atom. The molecule has 1 fully saturated rings. The number of rotatable bonds is 13. The van der Waals surface area contributed by atoms with Gasteiger partial charge in [-0.2, -0.15) is 0 Å². The number of hydrogen-bond donors (Lipinski definition) is 1. The Bertz CT molecular complexity index is 1770. The summed E-state index contributed by atoms with van der Waals surface area (Å²) >= 11 is 15.8. The van der Waals surface area contributed by atoms with Gasteiger partial charge in [-0.15, -0.1) is 11.8 Å². The van der Waals surface area contributed by atoms with E-state index in [2.05, 4.69) is 70.0 Å². The van der Waals surface area contributed by atoms with E-state index in [4.69, 9.17) is 28.2 Å². The highest BCUT2D eigenvalue weighted by molar-refractivity contribution is 7.99. The second-order valence-corrected chi connectivity index (χ2v) is 14.6. The van der Waals surface area contributed by atoms with Crippen molar-refractivity contribution >= 4 is 64.3 Å². The molecule has 0 radical (unpaired) electrons. The molecule has 5 nitrogen and oxygen atoms in total. The minimum absolute atomic E-state index is 0.108. The summed E-state index contributed by atoms with van der Waals surface area (Å²) in [5.41, 5.74) is 8.45. The molecule has 9 heteroatoms. The van der Waals surface area contributed by atoms with Crippen LogP contribution < -0.4 is 9.03 Å². The predicted molar refractivity (Wildman–Crippen MR) is 208 cm³/mol. The van der Waals surface area contributed by atoms with Crippen LogP contribution in [-0.4, -0.2) is 28.3 Å².